The number of benzene rings is 5. The van der Waals surface area contributed by atoms with Gasteiger partial charge in [0.25, 0.3) is 11.1 Å². The Hall–Kier alpha value is -4.12. The summed E-state index contributed by atoms with van der Waals surface area (Å²) in [5.41, 5.74) is -1.38. The first-order valence-electron chi connectivity index (χ1n) is 13.1. The van der Waals surface area contributed by atoms with Crippen molar-refractivity contribution in [3.8, 4) is 0 Å². The van der Waals surface area contributed by atoms with E-state index in [0.29, 0.717) is 38.9 Å². The number of nitrogens with zero attached hydrogens (tertiary/aromatic N) is 1. The van der Waals surface area contributed by atoms with E-state index in [0.717, 1.165) is 58.0 Å². The maximum absolute atomic E-state index is 13.7. The maximum atomic E-state index is 13.7. The van der Waals surface area contributed by atoms with Crippen molar-refractivity contribution in [3.05, 3.63) is 89.7 Å². The zero-order chi connectivity index (χ0) is 25.6. The smallest absolute Gasteiger partial charge is 0.261 e. The Morgan fingerprint density at radius 2 is 0.946 bits per heavy atom. The van der Waals surface area contributed by atoms with Crippen LogP contribution in [-0.2, 0) is 6.54 Å². The molecule has 182 valence electrons. The summed E-state index contributed by atoms with van der Waals surface area (Å²) in [5.74, 6) is 0.287. The molecule has 0 radical (unpaired) electrons. The predicted molar refractivity (Wildman–Crippen MR) is 153 cm³/mol. The minimum absolute atomic E-state index is 0.230. The van der Waals surface area contributed by atoms with Crippen molar-refractivity contribution in [1.29, 1.82) is 0 Å². The van der Waals surface area contributed by atoms with Crippen LogP contribution in [0.2, 0.25) is 0 Å². The van der Waals surface area contributed by atoms with Crippen LogP contribution < -0.4 is 22.0 Å². The van der Waals surface area contributed by atoms with Crippen molar-refractivity contribution in [2.75, 3.05) is 0 Å². The van der Waals surface area contributed by atoms with E-state index in [4.69, 9.17) is 0 Å². The molecule has 7 aromatic rings. The summed E-state index contributed by atoms with van der Waals surface area (Å²) in [7, 11) is 0. The second-order valence-corrected chi connectivity index (χ2v) is 10.4. The van der Waals surface area contributed by atoms with Gasteiger partial charge in [-0.2, -0.15) is 0 Å². The Bertz CT molecular complexity index is 2090. The summed E-state index contributed by atoms with van der Waals surface area (Å²) in [6.07, 6.45) is 4.10. The van der Waals surface area contributed by atoms with Gasteiger partial charge in [-0.1, -0.05) is 57.4 Å². The third-order valence-electron chi connectivity index (χ3n) is 8.53. The fourth-order valence-electron chi connectivity index (χ4n) is 6.59. The molecule has 1 atom stereocenters. The van der Waals surface area contributed by atoms with Gasteiger partial charge in [-0.05, 0) is 68.9 Å². The molecule has 0 bridgehead atoms. The van der Waals surface area contributed by atoms with Gasteiger partial charge in [0.2, 0.25) is 10.9 Å². The molecule has 0 saturated carbocycles. The summed E-state index contributed by atoms with van der Waals surface area (Å²) in [5, 5.41) is 8.88. The molecule has 0 fully saturated rings. The Kier molecular flexibility index (Phi) is 4.59. The fraction of sp³-hybridized carbons (Fsp3) is 0.250. The summed E-state index contributed by atoms with van der Waals surface area (Å²) in [6.45, 7) is 4.71. The van der Waals surface area contributed by atoms with Gasteiger partial charge in [0.05, 0.1) is 0 Å². The topological polar surface area (TPSA) is 73.2 Å². The monoisotopic (exact) mass is 487 g/mol. The average Bonchev–Trinajstić information content (AvgIpc) is 3.17. The molecule has 37 heavy (non-hydrogen) atoms. The Morgan fingerprint density at radius 1 is 0.568 bits per heavy atom. The van der Waals surface area contributed by atoms with Crippen LogP contribution in [0.1, 0.15) is 39.5 Å². The molecule has 0 amide bonds. The van der Waals surface area contributed by atoms with Crippen molar-refractivity contribution in [3.63, 3.8) is 0 Å². The van der Waals surface area contributed by atoms with Gasteiger partial charge >= 0.3 is 0 Å². The van der Waals surface area contributed by atoms with E-state index in [9.17, 15) is 19.2 Å². The molecular formula is C32H25NO4. The van der Waals surface area contributed by atoms with Crippen LogP contribution in [0.3, 0.4) is 0 Å². The van der Waals surface area contributed by atoms with E-state index in [1.165, 1.54) is 4.57 Å². The number of rotatable bonds is 6. The summed E-state index contributed by atoms with van der Waals surface area (Å²) in [6, 6.07) is 14.8. The van der Waals surface area contributed by atoms with E-state index in [2.05, 4.69) is 13.8 Å². The lowest BCUT2D eigenvalue weighted by Gasteiger charge is -2.19. The average molecular weight is 488 g/mol. The molecule has 0 aliphatic carbocycles. The van der Waals surface area contributed by atoms with Crippen LogP contribution in [0.25, 0.3) is 64.6 Å². The highest BCUT2D eigenvalue weighted by molar-refractivity contribution is 6.39. The molecule has 0 aliphatic heterocycles. The van der Waals surface area contributed by atoms with Gasteiger partial charge in [0.15, 0.2) is 0 Å². The predicted octanol–water partition coefficient (Wildman–Crippen LogP) is 5.82. The number of fused-ring (bicyclic) bond motifs is 2. The number of hydrogen-bond donors (Lipinski definition) is 0. The molecule has 6 aromatic carbocycles. The molecule has 0 N–H and O–H groups in total. The van der Waals surface area contributed by atoms with Crippen molar-refractivity contribution in [1.82, 2.24) is 4.57 Å². The van der Waals surface area contributed by atoms with Crippen LogP contribution in [0, 0.1) is 5.92 Å². The van der Waals surface area contributed by atoms with Gasteiger partial charge in [-0.25, -0.2) is 0 Å². The Labute approximate surface area is 210 Å². The number of unbranched alkanes of at least 4 members (excludes halogenated alkanes) is 1. The molecular weight excluding hydrogens is 462 g/mol. The minimum Gasteiger partial charge on any atom is -0.285 e. The Morgan fingerprint density at radius 3 is 1.38 bits per heavy atom. The van der Waals surface area contributed by atoms with Gasteiger partial charge in [-0.3, -0.25) is 23.7 Å². The highest BCUT2D eigenvalue weighted by Crippen LogP contribution is 2.43. The first-order valence-corrected chi connectivity index (χ1v) is 13.1. The fourth-order valence-corrected chi connectivity index (χ4v) is 6.59. The summed E-state index contributed by atoms with van der Waals surface area (Å²) >= 11 is 0. The maximum Gasteiger partial charge on any atom is 0.261 e. The largest absolute Gasteiger partial charge is 0.285 e. The van der Waals surface area contributed by atoms with E-state index in [1.54, 1.807) is 12.1 Å². The molecule has 0 aliphatic rings. The molecule has 7 rings (SSSR count). The lowest BCUT2D eigenvalue weighted by atomic mass is 9.87. The van der Waals surface area contributed by atoms with Crippen LogP contribution in [0.15, 0.2) is 67.7 Å². The van der Waals surface area contributed by atoms with Gasteiger partial charge in [0.1, 0.15) is 0 Å². The van der Waals surface area contributed by atoms with Gasteiger partial charge in [-0.15, -0.1) is 0 Å². The van der Waals surface area contributed by atoms with Crippen molar-refractivity contribution in [2.45, 2.75) is 46.1 Å². The van der Waals surface area contributed by atoms with E-state index < -0.39 is 10.9 Å². The zero-order valence-corrected chi connectivity index (χ0v) is 20.8. The van der Waals surface area contributed by atoms with Crippen LogP contribution in [-0.4, -0.2) is 4.57 Å². The number of pyridine rings is 1. The molecule has 0 spiro atoms. The first kappa shape index (κ1) is 22.1. The van der Waals surface area contributed by atoms with E-state index in [-0.39, 0.29) is 17.0 Å². The van der Waals surface area contributed by atoms with Crippen LogP contribution in [0.5, 0.6) is 0 Å². The number of aromatic nitrogens is 1. The van der Waals surface area contributed by atoms with E-state index >= 15 is 0 Å². The quantitative estimate of drug-likeness (QED) is 0.168. The first-order chi connectivity index (χ1) is 18.0. The van der Waals surface area contributed by atoms with Crippen molar-refractivity contribution >= 4 is 64.6 Å². The lowest BCUT2D eigenvalue weighted by Crippen LogP contribution is -2.35. The van der Waals surface area contributed by atoms with E-state index in [1.807, 2.05) is 36.4 Å². The number of hydrogen-bond acceptors (Lipinski definition) is 4. The van der Waals surface area contributed by atoms with Crippen molar-refractivity contribution < 1.29 is 0 Å². The molecule has 1 unspecified atom stereocenters. The second kappa shape index (κ2) is 7.69. The van der Waals surface area contributed by atoms with Crippen LogP contribution >= 0.6 is 0 Å². The Balaban J connectivity index is 1.62. The standard InChI is InChI=1S/C32H25NO4/c1-3-5-6-16(4-2)15-33-31(36)23-13-9-19-17-7-11-21-27-22(30(35)29(21)34)12-8-18(25(17)27)20-10-14-24(32(33)37)28(23)26(19)20/h7-14,16H,3-6,15H2,1-2H3. The minimum atomic E-state index is -0.463. The van der Waals surface area contributed by atoms with Gasteiger partial charge in [0, 0.05) is 38.9 Å². The molecule has 1 heterocycles. The zero-order valence-electron chi connectivity index (χ0n) is 20.8. The molecule has 1 aromatic heterocycles. The molecule has 5 heteroatoms. The third kappa shape index (κ3) is 2.74. The molecule has 5 nitrogen and oxygen atoms in total. The van der Waals surface area contributed by atoms with Crippen molar-refractivity contribution in [2.24, 2.45) is 5.92 Å². The lowest BCUT2D eigenvalue weighted by molar-refractivity contribution is 0.382. The van der Waals surface area contributed by atoms with Gasteiger partial charge < -0.3 is 0 Å². The summed E-state index contributed by atoms with van der Waals surface area (Å²) < 4.78 is 1.44. The summed E-state index contributed by atoms with van der Waals surface area (Å²) in [4.78, 5) is 52.6. The highest BCUT2D eigenvalue weighted by atomic mass is 16.2. The normalized spacial score (nSPS) is 13.5. The third-order valence-corrected chi connectivity index (χ3v) is 8.53. The van der Waals surface area contributed by atoms with Crippen LogP contribution in [0.4, 0.5) is 0 Å². The molecule has 0 saturated heterocycles. The second-order valence-electron chi connectivity index (χ2n) is 10.4. The SMILES string of the molecule is CCCCC(CC)Cn1c(=O)c2ccc3c4ccc5c(=O)c(=O)c6ccc(c7ccc(c1=O)c2c37)c4c56. The highest BCUT2D eigenvalue weighted by Gasteiger charge is 2.23.